The molecule has 1 aromatic heterocycles. The predicted octanol–water partition coefficient (Wildman–Crippen LogP) is 1.49. The number of carbonyl (C=O) groups excluding carboxylic acids is 3. The van der Waals surface area contributed by atoms with Crippen LogP contribution >= 0.6 is 0 Å². The van der Waals surface area contributed by atoms with Crippen molar-refractivity contribution in [3.8, 4) is 0 Å². The molecule has 0 bridgehead atoms. The molecule has 2 aromatic rings. The van der Waals surface area contributed by atoms with Crippen LogP contribution in [0.1, 0.15) is 33.5 Å². The molecule has 9 heteroatoms. The van der Waals surface area contributed by atoms with Gasteiger partial charge >= 0.3 is 5.97 Å². The molecule has 0 aliphatic carbocycles. The molecule has 152 valence electrons. The summed E-state index contributed by atoms with van der Waals surface area (Å²) in [6.45, 7) is 6.25. The zero-order valence-electron chi connectivity index (χ0n) is 16.4. The smallest absolute Gasteiger partial charge is 0.338 e. The maximum atomic E-state index is 12.7. The van der Waals surface area contributed by atoms with E-state index in [1.807, 2.05) is 4.90 Å². The summed E-state index contributed by atoms with van der Waals surface area (Å²) in [5, 5.41) is 2.78. The quantitative estimate of drug-likeness (QED) is 0.582. The van der Waals surface area contributed by atoms with Crippen molar-refractivity contribution < 1.29 is 19.1 Å². The van der Waals surface area contributed by atoms with Crippen molar-refractivity contribution >= 4 is 29.9 Å². The molecule has 29 heavy (non-hydrogen) atoms. The Kier molecular flexibility index (Phi) is 6.38. The molecule has 0 atom stereocenters. The van der Waals surface area contributed by atoms with Crippen LogP contribution in [0.2, 0.25) is 0 Å². The summed E-state index contributed by atoms with van der Waals surface area (Å²) in [6, 6.07) is 8.08. The molecule has 1 N–H and O–H groups in total. The maximum absolute atomic E-state index is 12.7. The van der Waals surface area contributed by atoms with E-state index in [0.29, 0.717) is 55.7 Å². The SMILES string of the molecule is CCOC(=O)c1ccc(NC(=O)c2cc(C)nc(N3CCN(C=O)CC3)n2)cc1. The van der Waals surface area contributed by atoms with E-state index < -0.39 is 5.97 Å². The Morgan fingerprint density at radius 3 is 2.45 bits per heavy atom. The van der Waals surface area contributed by atoms with Gasteiger partial charge in [-0.05, 0) is 44.2 Å². The molecule has 1 aromatic carbocycles. The molecular formula is C20H23N5O4. The third-order valence-corrected chi connectivity index (χ3v) is 4.48. The minimum atomic E-state index is -0.406. The largest absolute Gasteiger partial charge is 0.462 e. The molecule has 1 fully saturated rings. The average Bonchev–Trinajstić information content (AvgIpc) is 2.74. The van der Waals surface area contributed by atoms with E-state index in [9.17, 15) is 14.4 Å². The summed E-state index contributed by atoms with van der Waals surface area (Å²) in [6.07, 6.45) is 0.834. The van der Waals surface area contributed by atoms with E-state index in [2.05, 4.69) is 15.3 Å². The highest BCUT2D eigenvalue weighted by Gasteiger charge is 2.20. The van der Waals surface area contributed by atoms with E-state index in [0.717, 1.165) is 6.41 Å². The number of rotatable bonds is 6. The number of nitrogens with one attached hydrogen (secondary N) is 1. The van der Waals surface area contributed by atoms with Crippen molar-refractivity contribution in [1.82, 2.24) is 14.9 Å². The average molecular weight is 397 g/mol. The fourth-order valence-corrected chi connectivity index (χ4v) is 2.94. The van der Waals surface area contributed by atoms with Crippen molar-refractivity contribution in [3.63, 3.8) is 0 Å². The summed E-state index contributed by atoms with van der Waals surface area (Å²) in [7, 11) is 0. The minimum absolute atomic E-state index is 0.250. The number of piperazine rings is 1. The Morgan fingerprint density at radius 1 is 1.14 bits per heavy atom. The number of ether oxygens (including phenoxy) is 1. The molecule has 1 saturated heterocycles. The first-order valence-electron chi connectivity index (χ1n) is 9.38. The first-order chi connectivity index (χ1) is 14.0. The Balaban J connectivity index is 1.70. The molecule has 1 aliphatic rings. The van der Waals surface area contributed by atoms with Crippen molar-refractivity contribution in [3.05, 3.63) is 47.3 Å². The number of aromatic nitrogens is 2. The van der Waals surface area contributed by atoms with E-state index in [4.69, 9.17) is 4.74 Å². The van der Waals surface area contributed by atoms with Crippen LogP contribution in [-0.4, -0.2) is 65.9 Å². The summed E-state index contributed by atoms with van der Waals surface area (Å²) in [5.41, 5.74) is 1.88. The van der Waals surface area contributed by atoms with Crippen molar-refractivity contribution in [2.75, 3.05) is 43.0 Å². The van der Waals surface area contributed by atoms with Crippen LogP contribution in [0.15, 0.2) is 30.3 Å². The number of esters is 1. The molecule has 3 rings (SSSR count). The second-order valence-electron chi connectivity index (χ2n) is 6.57. The van der Waals surface area contributed by atoms with Gasteiger partial charge in [-0.3, -0.25) is 9.59 Å². The topological polar surface area (TPSA) is 105 Å². The summed E-state index contributed by atoms with van der Waals surface area (Å²) in [5.74, 6) is -0.304. The fourth-order valence-electron chi connectivity index (χ4n) is 2.94. The summed E-state index contributed by atoms with van der Waals surface area (Å²) in [4.78, 5) is 47.7. The van der Waals surface area contributed by atoms with E-state index >= 15 is 0 Å². The van der Waals surface area contributed by atoms with Crippen LogP contribution in [0, 0.1) is 6.92 Å². The molecule has 9 nitrogen and oxygen atoms in total. The summed E-state index contributed by atoms with van der Waals surface area (Å²) < 4.78 is 4.95. The monoisotopic (exact) mass is 397 g/mol. The van der Waals surface area contributed by atoms with Gasteiger partial charge in [0.1, 0.15) is 5.69 Å². The number of hydrogen-bond donors (Lipinski definition) is 1. The zero-order chi connectivity index (χ0) is 20.8. The van der Waals surface area contributed by atoms with Gasteiger partial charge in [-0.15, -0.1) is 0 Å². The third kappa shape index (κ3) is 5.07. The Hall–Kier alpha value is -3.49. The van der Waals surface area contributed by atoms with Crippen LogP contribution in [0.25, 0.3) is 0 Å². The fraction of sp³-hybridized carbons (Fsp3) is 0.350. The van der Waals surface area contributed by atoms with Gasteiger partial charge in [0, 0.05) is 37.6 Å². The molecule has 0 radical (unpaired) electrons. The van der Waals surface area contributed by atoms with Gasteiger partial charge in [0.15, 0.2) is 0 Å². The van der Waals surface area contributed by atoms with Gasteiger partial charge in [-0.25, -0.2) is 14.8 Å². The maximum Gasteiger partial charge on any atom is 0.338 e. The predicted molar refractivity (Wildman–Crippen MR) is 107 cm³/mol. The lowest BCUT2D eigenvalue weighted by atomic mass is 10.2. The molecule has 2 amide bonds. The van der Waals surface area contributed by atoms with E-state index in [-0.39, 0.29) is 11.6 Å². The van der Waals surface area contributed by atoms with Gasteiger partial charge in [0.05, 0.1) is 12.2 Å². The molecule has 1 aliphatic heterocycles. The number of amides is 2. The lowest BCUT2D eigenvalue weighted by Gasteiger charge is -2.32. The highest BCUT2D eigenvalue weighted by atomic mass is 16.5. The number of hydrogen-bond acceptors (Lipinski definition) is 7. The molecule has 0 unspecified atom stereocenters. The minimum Gasteiger partial charge on any atom is -0.462 e. The number of nitrogens with zero attached hydrogens (tertiary/aromatic N) is 4. The third-order valence-electron chi connectivity index (χ3n) is 4.48. The van der Waals surface area contributed by atoms with Crippen LogP contribution in [0.5, 0.6) is 0 Å². The Labute approximate surface area is 168 Å². The lowest BCUT2D eigenvalue weighted by molar-refractivity contribution is -0.118. The highest BCUT2D eigenvalue weighted by molar-refractivity contribution is 6.03. The first kappa shape index (κ1) is 20.2. The Morgan fingerprint density at radius 2 is 1.83 bits per heavy atom. The van der Waals surface area contributed by atoms with Crippen LogP contribution in [0.4, 0.5) is 11.6 Å². The Bertz CT molecular complexity index is 892. The molecule has 0 spiro atoms. The van der Waals surface area contributed by atoms with Gasteiger partial charge in [0.25, 0.3) is 5.91 Å². The molecular weight excluding hydrogens is 374 g/mol. The van der Waals surface area contributed by atoms with Gasteiger partial charge in [-0.1, -0.05) is 0 Å². The van der Waals surface area contributed by atoms with Crippen molar-refractivity contribution in [1.29, 1.82) is 0 Å². The van der Waals surface area contributed by atoms with Gasteiger partial charge < -0.3 is 19.9 Å². The highest BCUT2D eigenvalue weighted by Crippen LogP contribution is 2.15. The van der Waals surface area contributed by atoms with Gasteiger partial charge in [-0.2, -0.15) is 0 Å². The number of carbonyl (C=O) groups is 3. The number of anilines is 2. The number of benzene rings is 1. The standard InChI is InChI=1S/C20H23N5O4/c1-3-29-19(28)15-4-6-16(7-5-15)22-18(27)17-12-14(2)21-20(23-17)25-10-8-24(13-26)9-11-25/h4-7,12-13H,3,8-11H2,1-2H3,(H,22,27). The van der Waals surface area contributed by atoms with Gasteiger partial charge in [0.2, 0.25) is 12.4 Å². The normalized spacial score (nSPS) is 13.7. The van der Waals surface area contributed by atoms with E-state index in [1.165, 1.54) is 0 Å². The first-order valence-corrected chi connectivity index (χ1v) is 9.38. The second kappa shape index (κ2) is 9.13. The second-order valence-corrected chi connectivity index (χ2v) is 6.57. The number of aryl methyl sites for hydroxylation is 1. The summed E-state index contributed by atoms with van der Waals surface area (Å²) >= 11 is 0. The lowest BCUT2D eigenvalue weighted by Crippen LogP contribution is -2.46. The van der Waals surface area contributed by atoms with Crippen molar-refractivity contribution in [2.24, 2.45) is 0 Å². The van der Waals surface area contributed by atoms with Crippen LogP contribution in [0.3, 0.4) is 0 Å². The van der Waals surface area contributed by atoms with E-state index in [1.54, 1.807) is 49.1 Å². The van der Waals surface area contributed by atoms with Crippen LogP contribution in [-0.2, 0) is 9.53 Å². The molecule has 0 saturated carbocycles. The molecule has 2 heterocycles. The van der Waals surface area contributed by atoms with Crippen molar-refractivity contribution in [2.45, 2.75) is 13.8 Å². The zero-order valence-corrected chi connectivity index (χ0v) is 16.4. The van der Waals surface area contributed by atoms with Crippen LogP contribution < -0.4 is 10.2 Å².